The first-order chi connectivity index (χ1) is 54.7. The Balaban J connectivity index is 0.000000247. The minimum absolute atomic E-state index is 0.0654. The molecule has 10 N–H and O–H groups in total. The number of aldehydes is 1. The maximum Gasteiger partial charge on any atom is 0.337 e. The van der Waals surface area contributed by atoms with Crippen LogP contribution >= 0.6 is 38.6 Å². The Bertz CT molecular complexity index is 4120. The molecule has 3 unspecified atom stereocenters. The largest absolute Gasteiger partial charge is 0.502 e. The summed E-state index contributed by atoms with van der Waals surface area (Å²) in [7, 11) is 5.78. The molecule has 8 aromatic rings. The summed E-state index contributed by atoms with van der Waals surface area (Å²) < 4.78 is 68.8. The number of esters is 2. The van der Waals surface area contributed by atoms with Crippen molar-refractivity contribution < 1.29 is 106 Å². The van der Waals surface area contributed by atoms with Crippen LogP contribution in [0.25, 0.3) is 22.5 Å². The second kappa shape index (κ2) is 53.6. The molecule has 31 nitrogen and oxygen atoms in total. The van der Waals surface area contributed by atoms with E-state index in [1.54, 1.807) is 62.8 Å². The standard InChI is InChI=1S/C21H23N3O4S.C16H23NO5.C15H21NO5.C10H10N2OS.C8H7NO5.C7H13BrO2.C2H4O/c1-3-22-17-9-6-15(12-19(17)28-11-10-25)20(26)24-21-23-18(13-29-21)14-4-7-16(27-2)8-5-14;1-2-17-13-7-6-12(16(18)19)11-14(13)20-9-10-22-15-5-3-4-8-21-15;1-18-15(17)11-5-6-12(16)13(10-11)19-8-9-21-14-4-2-3-7-20-14;1-13-8-4-2-7(3-5-8)9-6-14-10(11)12-9;1-14-8(11)5-2-3-6(9(12)13)7(10)4-5;8-4-6-10-7-3-1-2-5-9-7;1-2-3/h4-9,12-13,22,25H,3,10-11H2,1-2H3,(H,23,24,26);6-7,11,15,17H,2-5,8-10H2,1H3,(H,18,19);5-6,10,14H,2-4,7-9,16H2,1H3;2-6H,1H3,(H2,11,12);2-4,10H,1H3;7H,1-6H2;2H,1H3. The van der Waals surface area contributed by atoms with Crippen molar-refractivity contribution in [2.45, 2.75) is 97.4 Å². The Hall–Kier alpha value is -10.3. The van der Waals surface area contributed by atoms with Crippen molar-refractivity contribution in [3.63, 3.8) is 0 Å². The number of ether oxygens (including phenoxy) is 13. The first kappa shape index (κ1) is 93.3. The first-order valence-electron chi connectivity index (χ1n) is 36.2. The number of alkyl halides is 1. The third kappa shape index (κ3) is 34.3. The maximum atomic E-state index is 12.7. The highest BCUT2D eigenvalue weighted by Gasteiger charge is 2.20. The molecule has 1 amide bonds. The van der Waals surface area contributed by atoms with Gasteiger partial charge in [-0.05, 0) is 188 Å². The number of hydrogen-bond donors (Lipinski definition) is 8. The average molecular weight is 1670 g/mol. The molecule has 113 heavy (non-hydrogen) atoms. The molecule has 0 saturated carbocycles. The lowest BCUT2D eigenvalue weighted by molar-refractivity contribution is -0.385. The van der Waals surface area contributed by atoms with E-state index in [0.717, 1.165) is 147 Å². The third-order valence-electron chi connectivity index (χ3n) is 15.7. The molecule has 5 heterocycles. The van der Waals surface area contributed by atoms with E-state index in [2.05, 4.69) is 51.3 Å². The fourth-order valence-electron chi connectivity index (χ4n) is 10.2. The number of carboxylic acids is 1. The van der Waals surface area contributed by atoms with E-state index in [-0.39, 0.29) is 49.1 Å². The zero-order valence-electron chi connectivity index (χ0n) is 64.3. The first-order valence-corrected chi connectivity index (χ1v) is 39.1. The van der Waals surface area contributed by atoms with Crippen molar-refractivity contribution in [1.29, 1.82) is 0 Å². The molecule has 3 aliphatic heterocycles. The number of phenolic OH excluding ortho intramolecular Hbond substituents is 1. The van der Waals surface area contributed by atoms with E-state index in [4.69, 9.17) is 83.7 Å². The van der Waals surface area contributed by atoms with Gasteiger partial charge in [0.05, 0.1) is 105 Å². The molecule has 34 heteroatoms. The number of rotatable bonds is 30. The number of amides is 1. The van der Waals surface area contributed by atoms with Crippen LogP contribution < -0.4 is 51.1 Å². The molecule has 0 bridgehead atoms. The average Bonchev–Trinajstić information content (AvgIpc) is 1.82. The topological polar surface area (TPSA) is 423 Å². The quantitative estimate of drug-likeness (QED) is 0.00394. The number of nitro benzene ring substituents is 1. The van der Waals surface area contributed by atoms with Gasteiger partial charge in [0, 0.05) is 77.8 Å². The van der Waals surface area contributed by atoms with Gasteiger partial charge < -0.3 is 104 Å². The Morgan fingerprint density at radius 1 is 0.593 bits per heavy atom. The number of carbonyl (C=O) groups is 5. The number of nitrogens with one attached hydrogen (secondary N) is 3. The summed E-state index contributed by atoms with van der Waals surface area (Å²) in [6.07, 6.45) is 10.3. The molecular weight excluding hydrogens is 1570 g/mol. The van der Waals surface area contributed by atoms with Gasteiger partial charge in [-0.25, -0.2) is 24.4 Å². The number of methoxy groups -OCH3 is 4. The minimum Gasteiger partial charge on any atom is -0.502 e. The number of nitrogens with zero attached hydrogens (tertiary/aromatic N) is 3. The van der Waals surface area contributed by atoms with Crippen LogP contribution in [0, 0.1) is 10.1 Å². The summed E-state index contributed by atoms with van der Waals surface area (Å²) in [6.45, 7) is 11.5. The molecule has 3 aliphatic rings. The molecule has 2 aromatic heterocycles. The van der Waals surface area contributed by atoms with Crippen LogP contribution in [-0.4, -0.2) is 192 Å². The molecule has 0 spiro atoms. The Labute approximate surface area is 673 Å². The van der Waals surface area contributed by atoms with Crippen molar-refractivity contribution in [2.75, 3.05) is 140 Å². The second-order valence-electron chi connectivity index (χ2n) is 23.7. The molecule has 11 rings (SSSR count). The number of anilines is 5. The molecular formula is C79H101BrN8O23S2. The number of carbonyl (C=O) groups excluding carboxylic acids is 4. The molecule has 3 saturated heterocycles. The second-order valence-corrected chi connectivity index (χ2v) is 26.2. The highest BCUT2D eigenvalue weighted by molar-refractivity contribution is 9.09. The van der Waals surface area contributed by atoms with Crippen LogP contribution in [0.2, 0.25) is 0 Å². The number of hydrogen-bond acceptors (Lipinski definition) is 30. The van der Waals surface area contributed by atoms with Crippen LogP contribution in [0.3, 0.4) is 0 Å². The lowest BCUT2D eigenvalue weighted by Crippen LogP contribution is -2.24. The van der Waals surface area contributed by atoms with Gasteiger partial charge in [-0.15, -0.1) is 22.7 Å². The lowest BCUT2D eigenvalue weighted by Gasteiger charge is -2.22. The number of phenols is 1. The van der Waals surface area contributed by atoms with Gasteiger partial charge in [0.2, 0.25) is 0 Å². The van der Waals surface area contributed by atoms with Crippen LogP contribution in [0.1, 0.15) is 120 Å². The number of aromatic carboxylic acids is 1. The van der Waals surface area contributed by atoms with Gasteiger partial charge in [-0.3, -0.25) is 20.2 Å². The van der Waals surface area contributed by atoms with Crippen LogP contribution in [0.4, 0.5) is 33.0 Å². The number of aromatic nitrogens is 2. The normalized spacial score (nSPS) is 14.5. The third-order valence-corrected chi connectivity index (χ3v) is 17.4. The predicted octanol–water partition coefficient (Wildman–Crippen LogP) is 14.2. The monoisotopic (exact) mass is 1670 g/mol. The van der Waals surface area contributed by atoms with Crippen LogP contribution in [-0.2, 0) is 42.7 Å². The number of carboxylic acid groups (broad SMARTS) is 1. The molecule has 3 fully saturated rings. The fraction of sp³-hybridized carbons (Fsp3) is 0.405. The molecule has 0 aliphatic carbocycles. The minimum atomic E-state index is -0.972. The van der Waals surface area contributed by atoms with Crippen molar-refractivity contribution in [2.24, 2.45) is 0 Å². The van der Waals surface area contributed by atoms with Crippen molar-refractivity contribution in [3.8, 4) is 57.0 Å². The zero-order chi connectivity index (χ0) is 82.1. The van der Waals surface area contributed by atoms with Gasteiger partial charge in [0.1, 0.15) is 54.9 Å². The van der Waals surface area contributed by atoms with Crippen molar-refractivity contribution >= 4 is 102 Å². The number of nitrogen functional groups attached to an aromatic ring is 2. The number of nitro groups is 1. The SMILES string of the molecule is BrCCOC1CCCCO1.CC=O.CCNc1ccc(C(=O)Nc2nc(-c3ccc(OC)cc3)cs2)cc1OCCO.CCNc1ccc(C(=O)O)cc1OCCOC1CCCCO1.COC(=O)c1ccc(N)c(OCCOC2CCCCO2)c1.COC(=O)c1ccc([N+](=O)[O-])c(O)c1.COc1ccc(-c2csc(N)n2)cc1. The Kier molecular flexibility index (Phi) is 44.3. The number of benzene rings is 6. The van der Waals surface area contributed by atoms with E-state index in [9.17, 15) is 29.3 Å². The zero-order valence-corrected chi connectivity index (χ0v) is 67.5. The van der Waals surface area contributed by atoms with E-state index >= 15 is 0 Å². The van der Waals surface area contributed by atoms with Gasteiger partial charge >= 0.3 is 23.6 Å². The highest BCUT2D eigenvalue weighted by Crippen LogP contribution is 2.32. The number of halogens is 1. The van der Waals surface area contributed by atoms with Gasteiger partial charge in [-0.1, -0.05) is 15.9 Å². The summed E-state index contributed by atoms with van der Waals surface area (Å²) in [5.41, 5.74) is 17.7. The Morgan fingerprint density at radius 3 is 1.47 bits per heavy atom. The van der Waals surface area contributed by atoms with E-state index < -0.39 is 34.3 Å². The molecule has 0 radical (unpaired) electrons. The van der Waals surface area contributed by atoms with Crippen molar-refractivity contribution in [3.05, 3.63) is 164 Å². The summed E-state index contributed by atoms with van der Waals surface area (Å²) in [5, 5.41) is 52.5. The summed E-state index contributed by atoms with van der Waals surface area (Å²) >= 11 is 6.10. The fourth-order valence-corrected chi connectivity index (χ4v) is 11.6. The van der Waals surface area contributed by atoms with Crippen LogP contribution in [0.15, 0.2) is 132 Å². The number of nitrogens with two attached hydrogens (primary N) is 2. The number of aliphatic hydroxyl groups is 1. The van der Waals surface area contributed by atoms with Crippen LogP contribution in [0.5, 0.6) is 34.5 Å². The Morgan fingerprint density at radius 2 is 1.04 bits per heavy atom. The lowest BCUT2D eigenvalue weighted by atomic mass is 10.1. The predicted molar refractivity (Wildman–Crippen MR) is 435 cm³/mol. The highest BCUT2D eigenvalue weighted by atomic mass is 79.9. The van der Waals surface area contributed by atoms with E-state index in [0.29, 0.717) is 77.3 Å². The smallest absolute Gasteiger partial charge is 0.337 e. The summed E-state index contributed by atoms with van der Waals surface area (Å²) in [6, 6.07) is 33.3. The van der Waals surface area contributed by atoms with Crippen molar-refractivity contribution in [1.82, 2.24) is 9.97 Å². The maximum absolute atomic E-state index is 12.7. The van der Waals surface area contributed by atoms with Gasteiger partial charge in [-0.2, -0.15) is 0 Å². The summed E-state index contributed by atoms with van der Waals surface area (Å²) in [5.74, 6) is 0.222. The van der Waals surface area contributed by atoms with Gasteiger partial charge in [0.15, 0.2) is 34.9 Å². The number of thiazole rings is 2. The molecule has 614 valence electrons. The molecule has 3 atom stereocenters. The van der Waals surface area contributed by atoms with E-state index in [1.807, 2.05) is 73.1 Å². The summed E-state index contributed by atoms with van der Waals surface area (Å²) in [4.78, 5) is 73.1. The number of aliphatic hydroxyl groups excluding tert-OH is 1. The van der Waals surface area contributed by atoms with E-state index in [1.165, 1.54) is 68.8 Å². The number of aromatic hydroxyl groups is 1. The molecule has 6 aromatic carbocycles. The van der Waals surface area contributed by atoms with Gasteiger partial charge in [0.25, 0.3) is 5.91 Å².